The van der Waals surface area contributed by atoms with Crippen molar-refractivity contribution in [3.05, 3.63) is 51.4 Å². The van der Waals surface area contributed by atoms with Crippen LogP contribution < -0.4 is 5.32 Å². The molecule has 0 radical (unpaired) electrons. The SMILES string of the molecule is N#Cc1c(NC(=O)COC(=O)c2c(F)cccc2F)sc2c1CCC2. The summed E-state index contributed by atoms with van der Waals surface area (Å²) in [4.78, 5) is 24.7. The molecule has 25 heavy (non-hydrogen) atoms. The number of hydrogen-bond acceptors (Lipinski definition) is 5. The molecule has 1 aliphatic rings. The molecule has 1 amide bonds. The van der Waals surface area contributed by atoms with Crippen molar-refractivity contribution in [3.63, 3.8) is 0 Å². The summed E-state index contributed by atoms with van der Waals surface area (Å²) >= 11 is 1.32. The molecule has 0 saturated carbocycles. The third-order valence-corrected chi connectivity index (χ3v) is 4.99. The number of aryl methyl sites for hydroxylation is 1. The number of carbonyl (C=O) groups excluding carboxylic acids is 2. The lowest BCUT2D eigenvalue weighted by Crippen LogP contribution is -2.22. The zero-order valence-corrected chi connectivity index (χ0v) is 13.7. The third kappa shape index (κ3) is 3.37. The van der Waals surface area contributed by atoms with Gasteiger partial charge in [0.25, 0.3) is 5.91 Å². The highest BCUT2D eigenvalue weighted by molar-refractivity contribution is 7.16. The zero-order valence-electron chi connectivity index (χ0n) is 12.9. The Hall–Kier alpha value is -2.79. The number of rotatable bonds is 4. The number of esters is 1. The molecule has 0 spiro atoms. The normalized spacial score (nSPS) is 12.4. The van der Waals surface area contributed by atoms with E-state index in [0.717, 1.165) is 47.9 Å². The second kappa shape index (κ2) is 6.99. The topological polar surface area (TPSA) is 79.2 Å². The Kier molecular flexibility index (Phi) is 4.76. The van der Waals surface area contributed by atoms with Crippen LogP contribution in [0, 0.1) is 23.0 Å². The van der Waals surface area contributed by atoms with Crippen molar-refractivity contribution in [1.29, 1.82) is 5.26 Å². The minimum atomic E-state index is -1.26. The molecule has 0 saturated heterocycles. The number of nitrogens with zero attached hydrogens (tertiary/aromatic N) is 1. The van der Waals surface area contributed by atoms with E-state index in [-0.39, 0.29) is 0 Å². The fraction of sp³-hybridized carbons (Fsp3) is 0.235. The van der Waals surface area contributed by atoms with E-state index in [1.807, 2.05) is 0 Å². The maximum absolute atomic E-state index is 13.5. The zero-order chi connectivity index (χ0) is 18.0. The number of ether oxygens (including phenoxy) is 1. The molecule has 128 valence electrons. The molecule has 1 aliphatic carbocycles. The molecular formula is C17H12F2N2O3S. The number of amides is 1. The van der Waals surface area contributed by atoms with E-state index in [2.05, 4.69) is 16.1 Å². The van der Waals surface area contributed by atoms with Crippen molar-refractivity contribution in [1.82, 2.24) is 0 Å². The van der Waals surface area contributed by atoms with Gasteiger partial charge in [-0.1, -0.05) is 6.07 Å². The molecule has 1 aromatic carbocycles. The van der Waals surface area contributed by atoms with Gasteiger partial charge in [0.05, 0.1) is 5.56 Å². The lowest BCUT2D eigenvalue weighted by Gasteiger charge is -2.07. The van der Waals surface area contributed by atoms with Crippen LogP contribution in [0.2, 0.25) is 0 Å². The molecule has 0 unspecified atom stereocenters. The number of carbonyl (C=O) groups is 2. The van der Waals surface area contributed by atoms with Crippen LogP contribution in [0.15, 0.2) is 18.2 Å². The first-order valence-electron chi connectivity index (χ1n) is 7.47. The van der Waals surface area contributed by atoms with Crippen molar-refractivity contribution in [2.45, 2.75) is 19.3 Å². The van der Waals surface area contributed by atoms with Crippen LogP contribution in [0.3, 0.4) is 0 Å². The minimum Gasteiger partial charge on any atom is -0.452 e. The molecule has 1 heterocycles. The summed E-state index contributed by atoms with van der Waals surface area (Å²) in [6.45, 7) is -0.708. The molecule has 0 atom stereocenters. The molecule has 3 rings (SSSR count). The van der Waals surface area contributed by atoms with Gasteiger partial charge in [0, 0.05) is 4.88 Å². The average Bonchev–Trinajstić information content (AvgIpc) is 3.13. The monoisotopic (exact) mass is 362 g/mol. The number of halogens is 2. The van der Waals surface area contributed by atoms with Crippen molar-refractivity contribution in [3.8, 4) is 6.07 Å². The lowest BCUT2D eigenvalue weighted by molar-refractivity contribution is -0.119. The fourth-order valence-electron chi connectivity index (χ4n) is 2.67. The highest BCUT2D eigenvalue weighted by atomic mass is 32.1. The number of anilines is 1. The minimum absolute atomic E-state index is 0.408. The summed E-state index contributed by atoms with van der Waals surface area (Å²) in [6.07, 6.45) is 2.65. The molecule has 5 nitrogen and oxygen atoms in total. The Morgan fingerprint density at radius 2 is 2.00 bits per heavy atom. The van der Waals surface area contributed by atoms with Gasteiger partial charge in [0.15, 0.2) is 6.61 Å². The number of nitriles is 1. The molecule has 1 N–H and O–H groups in total. The van der Waals surface area contributed by atoms with Crippen LogP contribution in [0.5, 0.6) is 0 Å². The third-order valence-electron chi connectivity index (χ3n) is 3.79. The lowest BCUT2D eigenvalue weighted by atomic mass is 10.1. The highest BCUT2D eigenvalue weighted by Gasteiger charge is 2.24. The first-order valence-corrected chi connectivity index (χ1v) is 8.28. The Labute approximate surface area is 145 Å². The average molecular weight is 362 g/mol. The van der Waals surface area contributed by atoms with Crippen molar-refractivity contribution >= 4 is 28.2 Å². The summed E-state index contributed by atoms with van der Waals surface area (Å²) in [5, 5.41) is 12.2. The largest absolute Gasteiger partial charge is 0.452 e. The second-order valence-electron chi connectivity index (χ2n) is 5.39. The fourth-order valence-corrected chi connectivity index (χ4v) is 3.93. The highest BCUT2D eigenvalue weighted by Crippen LogP contribution is 2.38. The van der Waals surface area contributed by atoms with Crippen LogP contribution in [0.4, 0.5) is 13.8 Å². The predicted octanol–water partition coefficient (Wildman–Crippen LogP) is 3.18. The van der Waals surface area contributed by atoms with E-state index >= 15 is 0 Å². The van der Waals surface area contributed by atoms with Gasteiger partial charge in [-0.15, -0.1) is 11.3 Å². The summed E-state index contributed by atoms with van der Waals surface area (Å²) in [7, 11) is 0. The predicted molar refractivity (Wildman–Crippen MR) is 86.3 cm³/mol. The molecule has 2 aromatic rings. The van der Waals surface area contributed by atoms with E-state index in [9.17, 15) is 23.6 Å². The molecule has 1 aromatic heterocycles. The smallest absolute Gasteiger partial charge is 0.344 e. The van der Waals surface area contributed by atoms with Gasteiger partial charge in [-0.2, -0.15) is 5.26 Å². The van der Waals surface area contributed by atoms with E-state index in [1.165, 1.54) is 11.3 Å². The van der Waals surface area contributed by atoms with Crippen LogP contribution >= 0.6 is 11.3 Å². The molecule has 8 heteroatoms. The molecular weight excluding hydrogens is 350 g/mol. The van der Waals surface area contributed by atoms with E-state index < -0.39 is 35.7 Å². The number of hydrogen-bond donors (Lipinski definition) is 1. The maximum Gasteiger partial charge on any atom is 0.344 e. The van der Waals surface area contributed by atoms with E-state index in [0.29, 0.717) is 10.6 Å². The van der Waals surface area contributed by atoms with Crippen molar-refractivity contribution in [2.24, 2.45) is 0 Å². The number of nitrogens with one attached hydrogen (secondary N) is 1. The summed E-state index contributed by atoms with van der Waals surface area (Å²) in [5.41, 5.74) is 0.536. The van der Waals surface area contributed by atoms with Crippen LogP contribution in [0.1, 0.15) is 32.8 Å². The van der Waals surface area contributed by atoms with Gasteiger partial charge >= 0.3 is 5.97 Å². The molecule has 0 aliphatic heterocycles. The Balaban J connectivity index is 1.64. The summed E-state index contributed by atoms with van der Waals surface area (Å²) < 4.78 is 31.6. The van der Waals surface area contributed by atoms with E-state index in [4.69, 9.17) is 0 Å². The first kappa shape index (κ1) is 17.0. The summed E-state index contributed by atoms with van der Waals surface area (Å²) in [5.74, 6) is -4.07. The Bertz CT molecular complexity index is 882. The Morgan fingerprint density at radius 3 is 2.68 bits per heavy atom. The first-order chi connectivity index (χ1) is 12.0. The van der Waals surface area contributed by atoms with Gasteiger partial charge in [-0.25, -0.2) is 13.6 Å². The maximum atomic E-state index is 13.5. The van der Waals surface area contributed by atoms with E-state index in [1.54, 1.807) is 0 Å². The van der Waals surface area contributed by atoms with Crippen molar-refractivity contribution < 1.29 is 23.1 Å². The molecule has 0 bridgehead atoms. The van der Waals surface area contributed by atoms with Crippen molar-refractivity contribution in [2.75, 3.05) is 11.9 Å². The van der Waals surface area contributed by atoms with Crippen LogP contribution in [0.25, 0.3) is 0 Å². The standard InChI is InChI=1S/C17H12F2N2O3S/c18-11-4-2-5-12(19)15(11)17(23)24-8-14(22)21-16-10(7-20)9-3-1-6-13(9)25-16/h2,4-5H,1,3,6,8H2,(H,21,22). The van der Waals surface area contributed by atoms with Gasteiger partial charge in [0.1, 0.15) is 28.3 Å². The number of fused-ring (bicyclic) bond motifs is 1. The summed E-state index contributed by atoms with van der Waals surface area (Å²) in [6, 6.07) is 5.04. The van der Waals surface area contributed by atoms with Gasteiger partial charge in [-0.3, -0.25) is 4.79 Å². The van der Waals surface area contributed by atoms with Crippen LogP contribution in [-0.4, -0.2) is 18.5 Å². The molecule has 0 fully saturated rings. The number of thiophene rings is 1. The quantitative estimate of drug-likeness (QED) is 0.847. The van der Waals surface area contributed by atoms with Crippen LogP contribution in [-0.2, 0) is 22.4 Å². The Morgan fingerprint density at radius 1 is 1.28 bits per heavy atom. The van der Waals surface area contributed by atoms with Gasteiger partial charge in [-0.05, 0) is 37.0 Å². The number of benzene rings is 1. The second-order valence-corrected chi connectivity index (χ2v) is 6.50. The van der Waals surface area contributed by atoms with Gasteiger partial charge < -0.3 is 10.1 Å². The van der Waals surface area contributed by atoms with Gasteiger partial charge in [0.2, 0.25) is 0 Å².